The SMILES string of the molecule is CCOc1cc2nc(-c3ccc(OC)c(OC)c3)nc(N3CCN(Cc4ccc5c(c4)OCO5)CC3)c2cc1OC. The second-order valence-corrected chi connectivity index (χ2v) is 9.84. The Balaban J connectivity index is 1.32. The van der Waals surface area contributed by atoms with Crippen molar-refractivity contribution in [3.8, 4) is 45.9 Å². The molecule has 3 aromatic carbocycles. The van der Waals surface area contributed by atoms with Crippen molar-refractivity contribution in [2.75, 3.05) is 65.8 Å². The summed E-state index contributed by atoms with van der Waals surface area (Å²) in [6, 6.07) is 15.8. The van der Waals surface area contributed by atoms with Gasteiger partial charge in [-0.3, -0.25) is 4.90 Å². The highest BCUT2D eigenvalue weighted by molar-refractivity contribution is 5.93. The van der Waals surface area contributed by atoms with Crippen LogP contribution in [0.2, 0.25) is 0 Å². The quantitative estimate of drug-likeness (QED) is 0.286. The largest absolute Gasteiger partial charge is 0.493 e. The number of aromatic nitrogens is 2. The number of rotatable bonds is 9. The summed E-state index contributed by atoms with van der Waals surface area (Å²) < 4.78 is 33.6. The Hall–Kier alpha value is -4.44. The molecule has 0 radical (unpaired) electrons. The number of hydrogen-bond acceptors (Lipinski definition) is 10. The highest BCUT2D eigenvalue weighted by Gasteiger charge is 2.24. The number of piperazine rings is 1. The van der Waals surface area contributed by atoms with Gasteiger partial charge < -0.3 is 33.3 Å². The van der Waals surface area contributed by atoms with Crippen molar-refractivity contribution in [3.05, 3.63) is 54.1 Å². The van der Waals surface area contributed by atoms with Gasteiger partial charge in [0, 0.05) is 49.7 Å². The van der Waals surface area contributed by atoms with E-state index in [1.807, 2.05) is 43.3 Å². The first kappa shape index (κ1) is 26.8. The molecule has 2 aliphatic rings. The van der Waals surface area contributed by atoms with Gasteiger partial charge in [-0.05, 0) is 48.9 Å². The number of nitrogens with zero attached hydrogens (tertiary/aromatic N) is 4. The van der Waals surface area contributed by atoms with E-state index in [4.69, 9.17) is 38.4 Å². The molecule has 4 aromatic rings. The van der Waals surface area contributed by atoms with Crippen LogP contribution < -0.4 is 33.3 Å². The summed E-state index contributed by atoms with van der Waals surface area (Å²) in [5.74, 6) is 5.67. The normalized spacial score (nSPS) is 14.8. The number of anilines is 1. The molecule has 1 aromatic heterocycles. The van der Waals surface area contributed by atoms with Crippen LogP contribution in [0.3, 0.4) is 0 Å². The Morgan fingerprint density at radius 2 is 1.51 bits per heavy atom. The summed E-state index contributed by atoms with van der Waals surface area (Å²) in [6.45, 7) is 7.01. The Morgan fingerprint density at radius 3 is 2.27 bits per heavy atom. The maximum absolute atomic E-state index is 5.87. The molecule has 1 fully saturated rings. The lowest BCUT2D eigenvalue weighted by atomic mass is 10.1. The van der Waals surface area contributed by atoms with Gasteiger partial charge in [-0.2, -0.15) is 0 Å². The van der Waals surface area contributed by atoms with E-state index in [9.17, 15) is 0 Å². The minimum absolute atomic E-state index is 0.284. The molecule has 0 amide bonds. The Morgan fingerprint density at radius 1 is 0.756 bits per heavy atom. The van der Waals surface area contributed by atoms with Crippen LogP contribution in [0.5, 0.6) is 34.5 Å². The molecule has 214 valence electrons. The van der Waals surface area contributed by atoms with E-state index in [2.05, 4.69) is 21.9 Å². The zero-order valence-corrected chi connectivity index (χ0v) is 23.8. The van der Waals surface area contributed by atoms with Gasteiger partial charge in [0.2, 0.25) is 6.79 Å². The van der Waals surface area contributed by atoms with Crippen LogP contribution in [0.1, 0.15) is 12.5 Å². The lowest BCUT2D eigenvalue weighted by Gasteiger charge is -2.36. The molecule has 1 saturated heterocycles. The summed E-state index contributed by atoms with van der Waals surface area (Å²) in [5.41, 5.74) is 2.83. The van der Waals surface area contributed by atoms with Crippen LogP contribution in [-0.4, -0.2) is 75.8 Å². The summed E-state index contributed by atoms with van der Waals surface area (Å²) >= 11 is 0. The van der Waals surface area contributed by atoms with Gasteiger partial charge in [0.15, 0.2) is 40.3 Å². The molecule has 6 rings (SSSR count). The van der Waals surface area contributed by atoms with Crippen LogP contribution in [0.4, 0.5) is 5.82 Å². The highest BCUT2D eigenvalue weighted by Crippen LogP contribution is 2.38. The first-order chi connectivity index (χ1) is 20.1. The molecule has 10 nitrogen and oxygen atoms in total. The molecule has 0 unspecified atom stereocenters. The fraction of sp³-hybridized carbons (Fsp3) is 0.355. The number of hydrogen-bond donors (Lipinski definition) is 0. The van der Waals surface area contributed by atoms with E-state index in [0.29, 0.717) is 35.4 Å². The lowest BCUT2D eigenvalue weighted by Crippen LogP contribution is -2.46. The molecular formula is C31H34N4O6. The average molecular weight is 559 g/mol. The van der Waals surface area contributed by atoms with Gasteiger partial charge >= 0.3 is 0 Å². The van der Waals surface area contributed by atoms with Gasteiger partial charge in [0.25, 0.3) is 0 Å². The van der Waals surface area contributed by atoms with Crippen LogP contribution in [0.25, 0.3) is 22.3 Å². The second-order valence-electron chi connectivity index (χ2n) is 9.84. The molecule has 0 N–H and O–H groups in total. The molecular weight excluding hydrogens is 524 g/mol. The van der Waals surface area contributed by atoms with E-state index in [1.165, 1.54) is 5.56 Å². The zero-order chi connectivity index (χ0) is 28.3. The van der Waals surface area contributed by atoms with E-state index in [0.717, 1.165) is 66.5 Å². The van der Waals surface area contributed by atoms with Crippen LogP contribution in [-0.2, 0) is 6.54 Å². The van der Waals surface area contributed by atoms with Crippen molar-refractivity contribution in [1.82, 2.24) is 14.9 Å². The van der Waals surface area contributed by atoms with E-state index in [1.54, 1.807) is 21.3 Å². The van der Waals surface area contributed by atoms with Crippen LogP contribution >= 0.6 is 0 Å². The second kappa shape index (κ2) is 11.6. The minimum Gasteiger partial charge on any atom is -0.493 e. The monoisotopic (exact) mass is 558 g/mol. The minimum atomic E-state index is 0.284. The topological polar surface area (TPSA) is 87.6 Å². The first-order valence-electron chi connectivity index (χ1n) is 13.7. The van der Waals surface area contributed by atoms with Gasteiger partial charge in [-0.1, -0.05) is 6.07 Å². The summed E-state index contributed by atoms with van der Waals surface area (Å²) in [5, 5.41) is 0.916. The number of fused-ring (bicyclic) bond motifs is 2. The van der Waals surface area contributed by atoms with E-state index < -0.39 is 0 Å². The van der Waals surface area contributed by atoms with E-state index in [-0.39, 0.29) is 6.79 Å². The van der Waals surface area contributed by atoms with Gasteiger partial charge in [0.1, 0.15) is 5.82 Å². The number of methoxy groups -OCH3 is 3. The van der Waals surface area contributed by atoms with E-state index >= 15 is 0 Å². The summed E-state index contributed by atoms with van der Waals surface area (Å²) in [6.07, 6.45) is 0. The molecule has 41 heavy (non-hydrogen) atoms. The predicted molar refractivity (Wildman–Crippen MR) is 156 cm³/mol. The van der Waals surface area contributed by atoms with Gasteiger partial charge in [0.05, 0.1) is 33.5 Å². The smallest absolute Gasteiger partial charge is 0.231 e. The average Bonchev–Trinajstić information content (AvgIpc) is 3.48. The van der Waals surface area contributed by atoms with Crippen LogP contribution in [0.15, 0.2) is 48.5 Å². The zero-order valence-electron chi connectivity index (χ0n) is 23.8. The van der Waals surface area contributed by atoms with Crippen LogP contribution in [0, 0.1) is 0 Å². The van der Waals surface area contributed by atoms with Crippen molar-refractivity contribution in [3.63, 3.8) is 0 Å². The molecule has 10 heteroatoms. The molecule has 0 atom stereocenters. The van der Waals surface area contributed by atoms with Crippen molar-refractivity contribution >= 4 is 16.7 Å². The van der Waals surface area contributed by atoms with Crippen molar-refractivity contribution in [2.45, 2.75) is 13.5 Å². The van der Waals surface area contributed by atoms with Crippen molar-refractivity contribution < 1.29 is 28.4 Å². The molecule has 3 heterocycles. The number of ether oxygens (including phenoxy) is 6. The van der Waals surface area contributed by atoms with Crippen molar-refractivity contribution in [2.24, 2.45) is 0 Å². The first-order valence-corrected chi connectivity index (χ1v) is 13.7. The third-order valence-electron chi connectivity index (χ3n) is 7.42. The molecule has 0 aliphatic carbocycles. The fourth-order valence-electron chi connectivity index (χ4n) is 5.31. The Bertz CT molecular complexity index is 1550. The summed E-state index contributed by atoms with van der Waals surface area (Å²) in [7, 11) is 4.89. The maximum Gasteiger partial charge on any atom is 0.231 e. The summed E-state index contributed by atoms with van der Waals surface area (Å²) in [4.78, 5) is 14.8. The standard InChI is InChI=1S/C31H34N4O6/c1-5-39-29-17-23-22(16-27(29)38-4)31(33-30(32-23)21-7-9-24(36-2)26(15-21)37-3)35-12-10-34(11-13-35)18-20-6-8-25-28(14-20)41-19-40-25/h6-9,14-17H,5,10-13,18-19H2,1-4H3. The number of benzene rings is 3. The van der Waals surface area contributed by atoms with Gasteiger partial charge in [-0.25, -0.2) is 9.97 Å². The third-order valence-corrected chi connectivity index (χ3v) is 7.42. The fourth-order valence-corrected chi connectivity index (χ4v) is 5.31. The molecule has 0 saturated carbocycles. The molecule has 0 spiro atoms. The highest BCUT2D eigenvalue weighted by atomic mass is 16.7. The Labute approximate surface area is 239 Å². The Kier molecular flexibility index (Phi) is 7.56. The third kappa shape index (κ3) is 5.35. The molecule has 0 bridgehead atoms. The van der Waals surface area contributed by atoms with Crippen molar-refractivity contribution in [1.29, 1.82) is 0 Å². The van der Waals surface area contributed by atoms with Gasteiger partial charge in [-0.15, -0.1) is 0 Å². The maximum atomic E-state index is 5.87. The predicted octanol–water partition coefficient (Wildman–Crippen LogP) is 4.77. The molecule has 2 aliphatic heterocycles. The lowest BCUT2D eigenvalue weighted by molar-refractivity contribution is 0.174.